The molecular formula is C25H17F9N2OS. The van der Waals surface area contributed by atoms with Gasteiger partial charge in [0.25, 0.3) is 0 Å². The number of rotatable bonds is 3. The predicted molar refractivity (Wildman–Crippen MR) is 120 cm³/mol. The minimum absolute atomic E-state index is 0.00879. The third kappa shape index (κ3) is 5.07. The van der Waals surface area contributed by atoms with Gasteiger partial charge in [-0.2, -0.15) is 39.5 Å². The first-order chi connectivity index (χ1) is 17.5. The van der Waals surface area contributed by atoms with Gasteiger partial charge in [0.2, 0.25) is 0 Å². The van der Waals surface area contributed by atoms with Crippen molar-refractivity contribution >= 4 is 17.7 Å². The average molecular weight is 564 g/mol. The molecule has 1 aromatic heterocycles. The molecule has 0 bridgehead atoms. The molecule has 2 heterocycles. The Morgan fingerprint density at radius 2 is 1.50 bits per heavy atom. The number of benzene rings is 2. The summed E-state index contributed by atoms with van der Waals surface area (Å²) in [6, 6.07) is 12.1. The van der Waals surface area contributed by atoms with E-state index in [9.17, 15) is 44.3 Å². The molecule has 3 aromatic rings. The number of hydrogen-bond donors (Lipinski definition) is 0. The number of thioether (sulfide) groups is 1. The maximum absolute atomic E-state index is 13.9. The van der Waals surface area contributed by atoms with Crippen molar-refractivity contribution in [2.45, 2.75) is 41.6 Å². The first-order valence-electron chi connectivity index (χ1n) is 10.9. The molecule has 0 fully saturated rings. The van der Waals surface area contributed by atoms with Crippen molar-refractivity contribution < 1.29 is 44.3 Å². The Morgan fingerprint density at radius 3 is 2.05 bits per heavy atom. The number of amides is 1. The number of pyridine rings is 1. The van der Waals surface area contributed by atoms with E-state index in [1.807, 2.05) is 0 Å². The topological polar surface area (TPSA) is 33.2 Å². The fraction of sp³-hybridized carbons (Fsp3) is 0.280. The zero-order valence-electron chi connectivity index (χ0n) is 19.3. The average Bonchev–Trinajstić information content (AvgIpc) is 2.81. The fourth-order valence-corrected chi connectivity index (χ4v) is 5.34. The van der Waals surface area contributed by atoms with Gasteiger partial charge in [0.15, 0.2) is 0 Å². The molecular weight excluding hydrogens is 547 g/mol. The fourth-order valence-electron chi connectivity index (χ4n) is 4.80. The van der Waals surface area contributed by atoms with E-state index in [1.165, 1.54) is 19.1 Å². The summed E-state index contributed by atoms with van der Waals surface area (Å²) in [7, 11) is 0. The zero-order valence-corrected chi connectivity index (χ0v) is 20.1. The van der Waals surface area contributed by atoms with Crippen LogP contribution < -0.4 is 0 Å². The Morgan fingerprint density at radius 1 is 0.868 bits per heavy atom. The van der Waals surface area contributed by atoms with Crippen LogP contribution >= 0.6 is 11.8 Å². The second kappa shape index (κ2) is 9.51. The maximum Gasteiger partial charge on any atom is 0.471 e. The molecule has 13 heteroatoms. The molecule has 1 amide bonds. The normalized spacial score (nSPS) is 18.3. The summed E-state index contributed by atoms with van der Waals surface area (Å²) >= 11 is -0.442. The standard InChI is InChI=1S/C25H17F9N2OS/c1-14-18(10-11-20(35-14)23(26,27)28)22(16-6-8-17(9-7-16)38-25(32,33)34)19-5-3-2-4-15(19)12-13-36(22)21(37)24(29,30)31/h2-11H,12-13H2,1H3. The van der Waals surface area contributed by atoms with Crippen LogP contribution in [0.3, 0.4) is 0 Å². The molecule has 0 saturated carbocycles. The van der Waals surface area contributed by atoms with Gasteiger partial charge in [0, 0.05) is 22.7 Å². The smallest absolute Gasteiger partial charge is 0.316 e. The van der Waals surface area contributed by atoms with Gasteiger partial charge in [-0.25, -0.2) is 4.98 Å². The van der Waals surface area contributed by atoms with Crippen molar-refractivity contribution in [2.24, 2.45) is 0 Å². The SMILES string of the molecule is Cc1nc(C(F)(F)F)ccc1C1(c2ccc(SC(F)(F)F)cc2)c2ccccc2CCN1C(=O)C(F)(F)F. The zero-order chi connectivity index (χ0) is 28.1. The molecule has 1 aliphatic heterocycles. The van der Waals surface area contributed by atoms with Crippen LogP contribution in [0.2, 0.25) is 0 Å². The Hall–Kier alpha value is -3.22. The molecule has 1 unspecified atom stereocenters. The van der Waals surface area contributed by atoms with Crippen molar-refractivity contribution in [3.05, 3.63) is 94.3 Å². The monoisotopic (exact) mass is 564 g/mol. The molecule has 38 heavy (non-hydrogen) atoms. The lowest BCUT2D eigenvalue weighted by molar-refractivity contribution is -0.190. The van der Waals surface area contributed by atoms with Crippen molar-refractivity contribution in [3.8, 4) is 0 Å². The molecule has 0 aliphatic carbocycles. The van der Waals surface area contributed by atoms with Gasteiger partial charge in [-0.15, -0.1) is 0 Å². The minimum atomic E-state index is -5.35. The number of halogens is 9. The number of hydrogen-bond acceptors (Lipinski definition) is 3. The Balaban J connectivity index is 2.07. The van der Waals surface area contributed by atoms with Crippen LogP contribution in [0.15, 0.2) is 65.6 Å². The lowest BCUT2D eigenvalue weighted by Crippen LogP contribution is -2.58. The van der Waals surface area contributed by atoms with E-state index >= 15 is 0 Å². The Bertz CT molecular complexity index is 1350. The summed E-state index contributed by atoms with van der Waals surface area (Å²) in [6.07, 6.45) is -10.2. The van der Waals surface area contributed by atoms with Gasteiger partial charge in [0.05, 0.1) is 0 Å². The molecule has 0 spiro atoms. The second-order valence-electron chi connectivity index (χ2n) is 8.47. The highest BCUT2D eigenvalue weighted by Gasteiger charge is 2.55. The van der Waals surface area contributed by atoms with Gasteiger partial charge in [-0.3, -0.25) is 4.79 Å². The van der Waals surface area contributed by atoms with E-state index in [-0.39, 0.29) is 33.7 Å². The molecule has 1 atom stereocenters. The van der Waals surface area contributed by atoms with Crippen LogP contribution in [0.5, 0.6) is 0 Å². The highest BCUT2D eigenvalue weighted by atomic mass is 32.2. The number of aromatic nitrogens is 1. The first-order valence-corrected chi connectivity index (χ1v) is 11.8. The van der Waals surface area contributed by atoms with Crippen LogP contribution in [-0.4, -0.2) is 34.0 Å². The lowest BCUT2D eigenvalue weighted by atomic mass is 9.70. The summed E-state index contributed by atoms with van der Waals surface area (Å²) in [6.45, 7) is 0.711. The minimum Gasteiger partial charge on any atom is -0.316 e. The summed E-state index contributed by atoms with van der Waals surface area (Å²) in [5.41, 5.74) is -7.86. The number of alkyl halides is 9. The van der Waals surface area contributed by atoms with E-state index in [4.69, 9.17) is 0 Å². The van der Waals surface area contributed by atoms with Crippen molar-refractivity contribution in [2.75, 3.05) is 6.54 Å². The third-order valence-electron chi connectivity index (χ3n) is 6.18. The highest BCUT2D eigenvalue weighted by Crippen LogP contribution is 2.49. The van der Waals surface area contributed by atoms with Crippen molar-refractivity contribution in [1.82, 2.24) is 9.88 Å². The molecule has 1 aliphatic rings. The number of fused-ring (bicyclic) bond motifs is 1. The van der Waals surface area contributed by atoms with Crippen LogP contribution in [-0.2, 0) is 22.9 Å². The van der Waals surface area contributed by atoms with Crippen molar-refractivity contribution in [1.29, 1.82) is 0 Å². The van der Waals surface area contributed by atoms with E-state index in [0.717, 1.165) is 30.3 Å². The van der Waals surface area contributed by atoms with E-state index < -0.39 is 53.3 Å². The van der Waals surface area contributed by atoms with Gasteiger partial charge in [-0.1, -0.05) is 42.5 Å². The lowest BCUT2D eigenvalue weighted by Gasteiger charge is -2.49. The number of nitrogens with zero attached hydrogens (tertiary/aromatic N) is 2. The van der Waals surface area contributed by atoms with Gasteiger partial charge in [0.1, 0.15) is 11.2 Å². The number of aryl methyl sites for hydroxylation is 1. The van der Waals surface area contributed by atoms with Gasteiger partial charge in [-0.05, 0) is 60.0 Å². The highest BCUT2D eigenvalue weighted by molar-refractivity contribution is 8.00. The van der Waals surface area contributed by atoms with E-state index in [1.54, 1.807) is 12.1 Å². The Labute approximate surface area is 214 Å². The third-order valence-corrected chi connectivity index (χ3v) is 6.92. The summed E-state index contributed by atoms with van der Waals surface area (Å²) < 4.78 is 120. The molecule has 3 nitrogen and oxygen atoms in total. The first kappa shape index (κ1) is 27.8. The van der Waals surface area contributed by atoms with Crippen LogP contribution in [0, 0.1) is 6.92 Å². The second-order valence-corrected chi connectivity index (χ2v) is 9.61. The van der Waals surface area contributed by atoms with E-state index in [0.29, 0.717) is 16.5 Å². The molecule has 0 radical (unpaired) electrons. The van der Waals surface area contributed by atoms with Crippen LogP contribution in [0.25, 0.3) is 0 Å². The molecule has 0 N–H and O–H groups in total. The largest absolute Gasteiger partial charge is 0.471 e. The molecule has 202 valence electrons. The quantitative estimate of drug-likeness (QED) is 0.248. The number of carbonyl (C=O) groups excluding carboxylic acids is 1. The maximum atomic E-state index is 13.9. The molecule has 2 aromatic carbocycles. The van der Waals surface area contributed by atoms with Crippen LogP contribution in [0.4, 0.5) is 39.5 Å². The number of carbonyl (C=O) groups is 1. The van der Waals surface area contributed by atoms with Crippen molar-refractivity contribution in [3.63, 3.8) is 0 Å². The van der Waals surface area contributed by atoms with E-state index in [2.05, 4.69) is 4.98 Å². The summed E-state index contributed by atoms with van der Waals surface area (Å²) in [4.78, 5) is 16.7. The Kier molecular flexibility index (Phi) is 6.96. The predicted octanol–water partition coefficient (Wildman–Crippen LogP) is 7.26. The van der Waals surface area contributed by atoms with Crippen LogP contribution in [0.1, 0.15) is 33.6 Å². The van der Waals surface area contributed by atoms with Gasteiger partial charge < -0.3 is 4.90 Å². The summed E-state index contributed by atoms with van der Waals surface area (Å²) in [5.74, 6) is -2.25. The summed E-state index contributed by atoms with van der Waals surface area (Å²) in [5, 5.41) is 0. The molecule has 4 rings (SSSR count). The molecule has 0 saturated heterocycles. The van der Waals surface area contributed by atoms with Gasteiger partial charge >= 0.3 is 23.8 Å².